The van der Waals surface area contributed by atoms with Gasteiger partial charge in [0, 0.05) is 29.8 Å². The summed E-state index contributed by atoms with van der Waals surface area (Å²) in [5.74, 6) is -1.18. The highest BCUT2D eigenvalue weighted by Gasteiger charge is 2.39. The smallest absolute Gasteiger partial charge is 0.409 e. The van der Waals surface area contributed by atoms with Crippen molar-refractivity contribution in [1.82, 2.24) is 10.2 Å². The van der Waals surface area contributed by atoms with Crippen LogP contribution < -0.4 is 10.6 Å². The third-order valence-corrected chi connectivity index (χ3v) is 3.82. The van der Waals surface area contributed by atoms with Gasteiger partial charge in [0.05, 0.1) is 0 Å². The van der Waals surface area contributed by atoms with Gasteiger partial charge in [0.15, 0.2) is 0 Å². The lowest BCUT2D eigenvalue weighted by Crippen LogP contribution is -2.52. The Balaban J connectivity index is 1.89. The van der Waals surface area contributed by atoms with Crippen LogP contribution in [0.1, 0.15) is 28.8 Å². The summed E-state index contributed by atoms with van der Waals surface area (Å²) in [6.07, 6.45) is -0.775. The molecule has 3 rings (SSSR count). The predicted octanol–water partition coefficient (Wildman–Crippen LogP) is 0.537. The lowest BCUT2D eigenvalue weighted by Gasteiger charge is -2.29. The standard InChI is InChI=1S/C14H13N3O5/c18-11-5-4-10(12(19)16-11)17-6-8-7(13(17)20)2-1-3-9(8)15-14(21)22/h1-3,10,15H,4-6H2,(H,21,22)(H,16,18,19)/t10-/m1/s1. The van der Waals surface area contributed by atoms with Gasteiger partial charge < -0.3 is 10.0 Å². The van der Waals surface area contributed by atoms with E-state index >= 15 is 0 Å². The molecule has 0 saturated carbocycles. The number of benzene rings is 1. The van der Waals surface area contributed by atoms with Crippen molar-refractivity contribution in [3.63, 3.8) is 0 Å². The van der Waals surface area contributed by atoms with Gasteiger partial charge in [-0.05, 0) is 18.6 Å². The van der Waals surface area contributed by atoms with E-state index in [9.17, 15) is 19.2 Å². The van der Waals surface area contributed by atoms with Gasteiger partial charge in [0.2, 0.25) is 11.8 Å². The number of hydrogen-bond acceptors (Lipinski definition) is 4. The second-order valence-electron chi connectivity index (χ2n) is 5.16. The highest BCUT2D eigenvalue weighted by Crippen LogP contribution is 2.32. The molecule has 1 saturated heterocycles. The zero-order chi connectivity index (χ0) is 15.9. The zero-order valence-electron chi connectivity index (χ0n) is 11.5. The van der Waals surface area contributed by atoms with Crippen molar-refractivity contribution in [2.45, 2.75) is 25.4 Å². The number of carbonyl (C=O) groups excluding carboxylic acids is 3. The number of piperidine rings is 1. The molecule has 8 nitrogen and oxygen atoms in total. The first-order valence-corrected chi connectivity index (χ1v) is 6.74. The van der Waals surface area contributed by atoms with Gasteiger partial charge in [-0.3, -0.25) is 25.0 Å². The van der Waals surface area contributed by atoms with E-state index in [1.54, 1.807) is 18.2 Å². The molecule has 1 aromatic carbocycles. The molecule has 2 aliphatic rings. The number of nitrogens with zero attached hydrogens (tertiary/aromatic N) is 1. The fourth-order valence-corrected chi connectivity index (χ4v) is 2.82. The molecule has 4 amide bonds. The topological polar surface area (TPSA) is 116 Å². The van der Waals surface area contributed by atoms with Gasteiger partial charge in [0.25, 0.3) is 5.91 Å². The van der Waals surface area contributed by atoms with Crippen LogP contribution >= 0.6 is 0 Å². The molecular weight excluding hydrogens is 290 g/mol. The first kappa shape index (κ1) is 14.1. The highest BCUT2D eigenvalue weighted by molar-refractivity contribution is 6.06. The molecule has 0 aromatic heterocycles. The second kappa shape index (κ2) is 5.14. The molecule has 0 radical (unpaired) electrons. The molecule has 0 bridgehead atoms. The maximum absolute atomic E-state index is 12.4. The molecular formula is C14H13N3O5. The number of fused-ring (bicyclic) bond motifs is 1. The number of rotatable bonds is 2. The van der Waals surface area contributed by atoms with E-state index in [4.69, 9.17) is 5.11 Å². The fraction of sp³-hybridized carbons (Fsp3) is 0.286. The summed E-state index contributed by atoms with van der Waals surface area (Å²) in [7, 11) is 0. The summed E-state index contributed by atoms with van der Waals surface area (Å²) in [5.41, 5.74) is 1.24. The average Bonchev–Trinajstić information content (AvgIpc) is 2.77. The van der Waals surface area contributed by atoms with Crippen LogP contribution in [-0.4, -0.2) is 39.9 Å². The molecule has 22 heavy (non-hydrogen) atoms. The van der Waals surface area contributed by atoms with Gasteiger partial charge in [-0.2, -0.15) is 0 Å². The lowest BCUT2D eigenvalue weighted by atomic mass is 10.0. The van der Waals surface area contributed by atoms with Crippen molar-refractivity contribution in [2.24, 2.45) is 0 Å². The molecule has 1 aromatic rings. The summed E-state index contributed by atoms with van der Waals surface area (Å²) in [5, 5.41) is 13.3. The van der Waals surface area contributed by atoms with Crippen LogP contribution in [0.5, 0.6) is 0 Å². The number of hydrogen-bond donors (Lipinski definition) is 3. The van der Waals surface area contributed by atoms with Crippen molar-refractivity contribution in [3.05, 3.63) is 29.3 Å². The van der Waals surface area contributed by atoms with E-state index in [2.05, 4.69) is 10.6 Å². The van der Waals surface area contributed by atoms with Crippen molar-refractivity contribution >= 4 is 29.5 Å². The monoisotopic (exact) mass is 303 g/mol. The van der Waals surface area contributed by atoms with Crippen molar-refractivity contribution in [1.29, 1.82) is 0 Å². The number of imide groups is 1. The maximum Gasteiger partial charge on any atom is 0.409 e. The van der Waals surface area contributed by atoms with E-state index in [1.807, 2.05) is 0 Å². The Bertz CT molecular complexity index is 700. The number of amides is 4. The number of anilines is 1. The van der Waals surface area contributed by atoms with Gasteiger partial charge >= 0.3 is 6.09 Å². The normalized spacial score (nSPS) is 20.6. The Morgan fingerprint density at radius 1 is 1.32 bits per heavy atom. The molecule has 0 unspecified atom stereocenters. The number of carbonyl (C=O) groups is 4. The largest absolute Gasteiger partial charge is 0.465 e. The Morgan fingerprint density at radius 3 is 2.77 bits per heavy atom. The summed E-state index contributed by atoms with van der Waals surface area (Å²) >= 11 is 0. The minimum absolute atomic E-state index is 0.136. The van der Waals surface area contributed by atoms with Crippen molar-refractivity contribution in [3.8, 4) is 0 Å². The van der Waals surface area contributed by atoms with Gasteiger partial charge in [-0.15, -0.1) is 0 Å². The molecule has 0 aliphatic carbocycles. The van der Waals surface area contributed by atoms with Gasteiger partial charge in [-0.1, -0.05) is 6.07 Å². The first-order chi connectivity index (χ1) is 10.5. The third kappa shape index (κ3) is 2.28. The summed E-state index contributed by atoms with van der Waals surface area (Å²) in [6, 6.07) is 4.02. The summed E-state index contributed by atoms with van der Waals surface area (Å²) < 4.78 is 0. The molecule has 1 fully saturated rings. The summed E-state index contributed by atoms with van der Waals surface area (Å²) in [6.45, 7) is 0.136. The average molecular weight is 303 g/mol. The van der Waals surface area contributed by atoms with E-state index in [0.717, 1.165) is 0 Å². The number of nitrogens with one attached hydrogen (secondary N) is 2. The minimum Gasteiger partial charge on any atom is -0.465 e. The fourth-order valence-electron chi connectivity index (χ4n) is 2.82. The molecule has 3 N–H and O–H groups in total. The van der Waals surface area contributed by atoms with Crippen LogP contribution in [0.3, 0.4) is 0 Å². The highest BCUT2D eigenvalue weighted by atomic mass is 16.4. The predicted molar refractivity (Wildman–Crippen MR) is 74.1 cm³/mol. The van der Waals surface area contributed by atoms with E-state index in [1.165, 1.54) is 4.90 Å². The van der Waals surface area contributed by atoms with Crippen molar-refractivity contribution in [2.75, 3.05) is 5.32 Å². The molecule has 2 heterocycles. The quantitative estimate of drug-likeness (QED) is 0.689. The lowest BCUT2D eigenvalue weighted by molar-refractivity contribution is -0.136. The SMILES string of the molecule is O=C(O)Nc1cccc2c1CN([C@@H]1CCC(=O)NC1=O)C2=O. The summed E-state index contributed by atoms with van der Waals surface area (Å²) in [4.78, 5) is 47.7. The maximum atomic E-state index is 12.4. The van der Waals surface area contributed by atoms with Crippen LogP contribution in [0, 0.1) is 0 Å². The molecule has 8 heteroatoms. The van der Waals surface area contributed by atoms with Crippen LogP contribution in [-0.2, 0) is 16.1 Å². The Labute approximate surface area is 125 Å². The van der Waals surface area contributed by atoms with Crippen LogP contribution in [0.2, 0.25) is 0 Å². The van der Waals surface area contributed by atoms with Crippen molar-refractivity contribution < 1.29 is 24.3 Å². The van der Waals surface area contributed by atoms with Crippen LogP contribution in [0.15, 0.2) is 18.2 Å². The van der Waals surface area contributed by atoms with Crippen LogP contribution in [0.25, 0.3) is 0 Å². The Hall–Kier alpha value is -2.90. The zero-order valence-corrected chi connectivity index (χ0v) is 11.5. The van der Waals surface area contributed by atoms with Gasteiger partial charge in [-0.25, -0.2) is 4.79 Å². The number of carboxylic acid groups (broad SMARTS) is 1. The molecule has 1 atom stereocenters. The van der Waals surface area contributed by atoms with Gasteiger partial charge in [0.1, 0.15) is 6.04 Å². The first-order valence-electron chi connectivity index (χ1n) is 6.74. The third-order valence-electron chi connectivity index (χ3n) is 3.82. The second-order valence-corrected chi connectivity index (χ2v) is 5.16. The van der Waals surface area contributed by atoms with E-state index in [-0.39, 0.29) is 31.2 Å². The Morgan fingerprint density at radius 2 is 2.09 bits per heavy atom. The van der Waals surface area contributed by atoms with Crippen LogP contribution in [0.4, 0.5) is 10.5 Å². The minimum atomic E-state index is -1.22. The van der Waals surface area contributed by atoms with E-state index in [0.29, 0.717) is 16.8 Å². The van der Waals surface area contributed by atoms with E-state index < -0.39 is 18.0 Å². The molecule has 2 aliphatic heterocycles. The Kier molecular flexibility index (Phi) is 3.28. The molecule has 0 spiro atoms. The molecule has 114 valence electrons.